The van der Waals surface area contributed by atoms with Crippen LogP contribution in [0.3, 0.4) is 0 Å². The van der Waals surface area contributed by atoms with Crippen molar-refractivity contribution in [1.29, 1.82) is 0 Å². The molecule has 1 heterocycles. The Balaban J connectivity index is 1.79. The maximum Gasteiger partial charge on any atom is 0.324 e. The molecule has 0 amide bonds. The molecule has 1 aliphatic heterocycles. The van der Waals surface area contributed by atoms with Crippen molar-refractivity contribution in [3.63, 3.8) is 0 Å². The standard InChI is InChI=1S/C16H30N2O3/c1-17-16(15(19)20)8-3-4-14(16)7-11-18-9-5-13(6-10-18)12-21-2/h13-14,17H,3-12H2,1-2H3,(H,19,20). The molecule has 122 valence electrons. The predicted molar refractivity (Wildman–Crippen MR) is 82.4 cm³/mol. The fourth-order valence-corrected chi connectivity index (χ4v) is 4.14. The van der Waals surface area contributed by atoms with E-state index >= 15 is 0 Å². The Bertz CT molecular complexity index is 342. The molecule has 2 rings (SSSR count). The zero-order valence-electron chi connectivity index (χ0n) is 13.4. The van der Waals surface area contributed by atoms with Gasteiger partial charge in [0.15, 0.2) is 0 Å². The first-order valence-electron chi connectivity index (χ1n) is 8.26. The number of ether oxygens (including phenoxy) is 1. The number of nitrogens with zero attached hydrogens (tertiary/aromatic N) is 1. The topological polar surface area (TPSA) is 61.8 Å². The molecule has 0 bridgehead atoms. The van der Waals surface area contributed by atoms with Crippen LogP contribution in [0.15, 0.2) is 0 Å². The molecule has 2 N–H and O–H groups in total. The van der Waals surface area contributed by atoms with Gasteiger partial charge in [-0.1, -0.05) is 6.42 Å². The third-order valence-electron chi connectivity index (χ3n) is 5.55. The number of carbonyl (C=O) groups is 1. The number of hydrogen-bond donors (Lipinski definition) is 2. The van der Waals surface area contributed by atoms with Gasteiger partial charge in [0.05, 0.1) is 0 Å². The quantitative estimate of drug-likeness (QED) is 0.747. The van der Waals surface area contributed by atoms with Gasteiger partial charge in [0.1, 0.15) is 5.54 Å². The summed E-state index contributed by atoms with van der Waals surface area (Å²) in [7, 11) is 3.57. The summed E-state index contributed by atoms with van der Waals surface area (Å²) in [6.45, 7) is 4.15. The van der Waals surface area contributed by atoms with Gasteiger partial charge in [-0.2, -0.15) is 0 Å². The Morgan fingerprint density at radius 3 is 2.67 bits per heavy atom. The second kappa shape index (κ2) is 7.56. The lowest BCUT2D eigenvalue weighted by Gasteiger charge is -2.35. The smallest absolute Gasteiger partial charge is 0.324 e. The molecule has 2 atom stereocenters. The van der Waals surface area contributed by atoms with E-state index < -0.39 is 11.5 Å². The SMILES string of the molecule is CNC1(C(=O)O)CCCC1CCN1CCC(COC)CC1. The molecule has 0 aromatic carbocycles. The van der Waals surface area contributed by atoms with Crippen molar-refractivity contribution in [2.24, 2.45) is 11.8 Å². The van der Waals surface area contributed by atoms with Crippen LogP contribution in [-0.2, 0) is 9.53 Å². The Labute approximate surface area is 128 Å². The number of rotatable bonds is 7. The summed E-state index contributed by atoms with van der Waals surface area (Å²) in [4.78, 5) is 14.1. The molecule has 21 heavy (non-hydrogen) atoms. The summed E-state index contributed by atoms with van der Waals surface area (Å²) < 4.78 is 5.23. The average Bonchev–Trinajstić information content (AvgIpc) is 2.91. The van der Waals surface area contributed by atoms with Crippen LogP contribution in [0.5, 0.6) is 0 Å². The Hall–Kier alpha value is -0.650. The largest absolute Gasteiger partial charge is 0.480 e. The normalized spacial score (nSPS) is 31.6. The highest BCUT2D eigenvalue weighted by Crippen LogP contribution is 2.38. The molecule has 0 spiro atoms. The number of likely N-dealkylation sites (tertiary alicyclic amines) is 1. The van der Waals surface area contributed by atoms with Gasteiger partial charge in [-0.25, -0.2) is 0 Å². The van der Waals surface area contributed by atoms with Gasteiger partial charge in [-0.3, -0.25) is 4.79 Å². The number of carboxylic acids is 1. The van der Waals surface area contributed by atoms with Crippen LogP contribution < -0.4 is 5.32 Å². The lowest BCUT2D eigenvalue weighted by atomic mass is 9.84. The van der Waals surface area contributed by atoms with E-state index in [0.29, 0.717) is 5.92 Å². The molecule has 1 saturated carbocycles. The van der Waals surface area contributed by atoms with E-state index in [0.717, 1.165) is 51.9 Å². The van der Waals surface area contributed by atoms with Crippen LogP contribution in [0.25, 0.3) is 0 Å². The molecule has 5 nitrogen and oxygen atoms in total. The minimum absolute atomic E-state index is 0.261. The van der Waals surface area contributed by atoms with Crippen molar-refractivity contribution < 1.29 is 14.6 Å². The lowest BCUT2D eigenvalue weighted by molar-refractivity contribution is -0.146. The zero-order chi connectivity index (χ0) is 15.3. The van der Waals surface area contributed by atoms with Gasteiger partial charge in [0.2, 0.25) is 0 Å². The van der Waals surface area contributed by atoms with Crippen LogP contribution in [0.4, 0.5) is 0 Å². The van der Waals surface area contributed by atoms with Gasteiger partial charge in [0, 0.05) is 13.7 Å². The highest BCUT2D eigenvalue weighted by Gasteiger charge is 2.47. The molecule has 0 aromatic heterocycles. The van der Waals surface area contributed by atoms with E-state index in [1.165, 1.54) is 12.8 Å². The number of hydrogen-bond acceptors (Lipinski definition) is 4. The van der Waals surface area contributed by atoms with Crippen molar-refractivity contribution in [3.05, 3.63) is 0 Å². The summed E-state index contributed by atoms with van der Waals surface area (Å²) >= 11 is 0. The highest BCUT2D eigenvalue weighted by molar-refractivity contribution is 5.79. The van der Waals surface area contributed by atoms with E-state index in [2.05, 4.69) is 10.2 Å². The number of carboxylic acid groups (broad SMARTS) is 1. The minimum Gasteiger partial charge on any atom is -0.480 e. The lowest BCUT2D eigenvalue weighted by Crippen LogP contribution is -2.53. The zero-order valence-corrected chi connectivity index (χ0v) is 13.4. The average molecular weight is 298 g/mol. The maximum atomic E-state index is 11.6. The Morgan fingerprint density at radius 2 is 2.10 bits per heavy atom. The van der Waals surface area contributed by atoms with E-state index in [4.69, 9.17) is 4.74 Å². The molecule has 5 heteroatoms. The Morgan fingerprint density at radius 1 is 1.38 bits per heavy atom. The fraction of sp³-hybridized carbons (Fsp3) is 0.938. The number of likely N-dealkylation sites (N-methyl/N-ethyl adjacent to an activating group) is 1. The number of aliphatic carboxylic acids is 1. The molecule has 1 aliphatic carbocycles. The maximum absolute atomic E-state index is 11.6. The van der Waals surface area contributed by atoms with Crippen molar-refractivity contribution >= 4 is 5.97 Å². The molecular formula is C16H30N2O3. The van der Waals surface area contributed by atoms with Crippen molar-refractivity contribution in [2.45, 2.75) is 44.1 Å². The minimum atomic E-state index is -0.686. The molecule has 2 aliphatic rings. The van der Waals surface area contributed by atoms with E-state index in [9.17, 15) is 9.90 Å². The second-order valence-corrected chi connectivity index (χ2v) is 6.64. The summed E-state index contributed by atoms with van der Waals surface area (Å²) in [6, 6.07) is 0. The second-order valence-electron chi connectivity index (χ2n) is 6.64. The van der Waals surface area contributed by atoms with Gasteiger partial charge >= 0.3 is 5.97 Å². The summed E-state index contributed by atoms with van der Waals surface area (Å²) in [5, 5.41) is 12.7. The molecule has 0 radical (unpaired) electrons. The van der Waals surface area contributed by atoms with E-state index in [1.807, 2.05) is 0 Å². The van der Waals surface area contributed by atoms with Crippen LogP contribution in [0.2, 0.25) is 0 Å². The van der Waals surface area contributed by atoms with E-state index in [-0.39, 0.29) is 5.92 Å². The number of nitrogens with one attached hydrogen (secondary N) is 1. The first-order valence-corrected chi connectivity index (χ1v) is 8.26. The molecular weight excluding hydrogens is 268 g/mol. The number of methoxy groups -OCH3 is 1. The van der Waals surface area contributed by atoms with Crippen LogP contribution in [0, 0.1) is 11.8 Å². The van der Waals surface area contributed by atoms with E-state index in [1.54, 1.807) is 14.2 Å². The Kier molecular flexibility index (Phi) is 6.02. The van der Waals surface area contributed by atoms with Crippen molar-refractivity contribution in [1.82, 2.24) is 10.2 Å². The summed E-state index contributed by atoms with van der Waals surface area (Å²) in [5.74, 6) is 0.288. The van der Waals surface area contributed by atoms with Gasteiger partial charge in [-0.15, -0.1) is 0 Å². The first kappa shape index (κ1) is 16.7. The monoisotopic (exact) mass is 298 g/mol. The predicted octanol–water partition coefficient (Wildman–Crippen LogP) is 1.58. The number of piperidine rings is 1. The van der Waals surface area contributed by atoms with Gasteiger partial charge < -0.3 is 20.1 Å². The van der Waals surface area contributed by atoms with Crippen LogP contribution in [0.1, 0.15) is 38.5 Å². The third-order valence-corrected chi connectivity index (χ3v) is 5.55. The highest BCUT2D eigenvalue weighted by atomic mass is 16.5. The first-order chi connectivity index (χ1) is 10.1. The third kappa shape index (κ3) is 3.76. The van der Waals surface area contributed by atoms with Gasteiger partial charge in [-0.05, 0) is 70.6 Å². The van der Waals surface area contributed by atoms with Crippen molar-refractivity contribution in [3.8, 4) is 0 Å². The molecule has 0 aromatic rings. The van der Waals surface area contributed by atoms with Crippen LogP contribution in [-0.4, -0.2) is 61.9 Å². The molecule has 1 saturated heterocycles. The summed E-state index contributed by atoms with van der Waals surface area (Å²) in [5.41, 5.74) is -0.686. The van der Waals surface area contributed by atoms with Crippen LogP contribution >= 0.6 is 0 Å². The molecule has 2 fully saturated rings. The van der Waals surface area contributed by atoms with Crippen molar-refractivity contribution in [2.75, 3.05) is 40.4 Å². The molecule has 2 unspecified atom stereocenters. The summed E-state index contributed by atoms with van der Waals surface area (Å²) in [6.07, 6.45) is 6.21. The fourth-order valence-electron chi connectivity index (χ4n) is 4.14. The van der Waals surface area contributed by atoms with Gasteiger partial charge in [0.25, 0.3) is 0 Å².